The molecule has 0 aliphatic rings. The molecule has 4 nitrogen and oxygen atoms in total. The monoisotopic (exact) mass is 322 g/mol. The molecule has 3 rings (SSSR count). The van der Waals surface area contributed by atoms with Gasteiger partial charge in [0.1, 0.15) is 5.52 Å². The van der Waals surface area contributed by atoms with Gasteiger partial charge >= 0.3 is 0 Å². The molecule has 0 saturated carbocycles. The van der Waals surface area contributed by atoms with E-state index < -0.39 is 0 Å². The van der Waals surface area contributed by atoms with Crippen LogP contribution in [0.1, 0.15) is 10.4 Å². The van der Waals surface area contributed by atoms with Crippen LogP contribution in [-0.2, 0) is 6.54 Å². The maximum absolute atomic E-state index is 5.96. The van der Waals surface area contributed by atoms with Crippen molar-refractivity contribution in [3.8, 4) is 0 Å². The average Bonchev–Trinajstić information content (AvgIpc) is 2.84. The molecule has 3 aromatic heterocycles. The van der Waals surface area contributed by atoms with Crippen LogP contribution in [0, 0.1) is 6.92 Å². The van der Waals surface area contributed by atoms with Crippen LogP contribution < -0.4 is 5.73 Å². The molecule has 0 atom stereocenters. The maximum atomic E-state index is 5.96. The van der Waals surface area contributed by atoms with E-state index in [0.29, 0.717) is 12.5 Å². The van der Waals surface area contributed by atoms with Crippen molar-refractivity contribution in [2.24, 2.45) is 0 Å². The van der Waals surface area contributed by atoms with Crippen molar-refractivity contribution in [1.82, 2.24) is 14.5 Å². The molecule has 0 aliphatic heterocycles. The van der Waals surface area contributed by atoms with E-state index in [0.717, 1.165) is 20.5 Å². The summed E-state index contributed by atoms with van der Waals surface area (Å²) >= 11 is 5.15. The van der Waals surface area contributed by atoms with Crippen molar-refractivity contribution in [1.29, 1.82) is 0 Å². The third kappa shape index (κ3) is 2.02. The number of nitrogen functional groups attached to an aromatic ring is 1. The van der Waals surface area contributed by atoms with E-state index >= 15 is 0 Å². The number of nitrogens with zero attached hydrogens (tertiary/aromatic N) is 3. The fourth-order valence-electron chi connectivity index (χ4n) is 1.88. The van der Waals surface area contributed by atoms with Gasteiger partial charge in [-0.25, -0.2) is 9.97 Å². The number of aryl methyl sites for hydroxylation is 1. The highest BCUT2D eigenvalue weighted by Gasteiger charge is 2.10. The third-order valence-corrected chi connectivity index (χ3v) is 4.30. The van der Waals surface area contributed by atoms with Crippen molar-refractivity contribution in [2.75, 3.05) is 5.73 Å². The lowest BCUT2D eigenvalue weighted by Gasteiger charge is -2.03. The van der Waals surface area contributed by atoms with Crippen molar-refractivity contribution < 1.29 is 0 Å². The minimum Gasteiger partial charge on any atom is -0.369 e. The molecule has 6 heteroatoms. The number of halogens is 1. The highest BCUT2D eigenvalue weighted by molar-refractivity contribution is 9.11. The SMILES string of the molecule is Cc1cnc2c(c1)nc(N)n2Cc1ccc(Br)s1. The van der Waals surface area contributed by atoms with Gasteiger partial charge in [-0.15, -0.1) is 11.3 Å². The van der Waals surface area contributed by atoms with Crippen molar-refractivity contribution in [3.63, 3.8) is 0 Å². The van der Waals surface area contributed by atoms with Gasteiger partial charge in [0, 0.05) is 11.1 Å². The lowest BCUT2D eigenvalue weighted by molar-refractivity contribution is 0.841. The summed E-state index contributed by atoms with van der Waals surface area (Å²) < 4.78 is 3.05. The molecule has 0 amide bonds. The predicted octanol–water partition coefficient (Wildman–Crippen LogP) is 3.19. The molecular weight excluding hydrogens is 312 g/mol. The van der Waals surface area contributed by atoms with Crippen LogP contribution in [0.3, 0.4) is 0 Å². The number of pyridine rings is 1. The Balaban J connectivity index is 2.08. The summed E-state index contributed by atoms with van der Waals surface area (Å²) in [4.78, 5) is 9.98. The second-order valence-corrected chi connectivity index (χ2v) is 6.66. The summed E-state index contributed by atoms with van der Waals surface area (Å²) in [5, 5.41) is 0. The lowest BCUT2D eigenvalue weighted by atomic mass is 10.3. The van der Waals surface area contributed by atoms with Crippen molar-refractivity contribution in [3.05, 3.63) is 38.6 Å². The van der Waals surface area contributed by atoms with Gasteiger partial charge in [-0.2, -0.15) is 0 Å². The number of imidazole rings is 1. The van der Waals surface area contributed by atoms with Gasteiger partial charge in [-0.05, 0) is 46.6 Å². The van der Waals surface area contributed by atoms with Crippen LogP contribution >= 0.6 is 27.3 Å². The van der Waals surface area contributed by atoms with Crippen LogP contribution in [0.5, 0.6) is 0 Å². The number of rotatable bonds is 2. The molecule has 18 heavy (non-hydrogen) atoms. The van der Waals surface area contributed by atoms with Crippen molar-refractivity contribution in [2.45, 2.75) is 13.5 Å². The molecule has 0 fully saturated rings. The Hall–Kier alpha value is -1.40. The third-order valence-electron chi connectivity index (χ3n) is 2.69. The molecule has 0 aliphatic carbocycles. The normalized spacial score (nSPS) is 11.2. The number of anilines is 1. The summed E-state index contributed by atoms with van der Waals surface area (Å²) in [5.74, 6) is 0.507. The predicted molar refractivity (Wildman–Crippen MR) is 77.8 cm³/mol. The largest absolute Gasteiger partial charge is 0.369 e. The smallest absolute Gasteiger partial charge is 0.202 e. The zero-order valence-corrected chi connectivity index (χ0v) is 12.1. The summed E-state index contributed by atoms with van der Waals surface area (Å²) in [7, 11) is 0. The Labute approximate surface area is 117 Å². The molecule has 3 heterocycles. The summed E-state index contributed by atoms with van der Waals surface area (Å²) in [6, 6.07) is 6.11. The van der Waals surface area contributed by atoms with E-state index in [1.807, 2.05) is 29.8 Å². The van der Waals surface area contributed by atoms with E-state index in [1.165, 1.54) is 4.88 Å². The molecule has 92 valence electrons. The topological polar surface area (TPSA) is 56.7 Å². The first kappa shape index (κ1) is 11.7. The Morgan fingerprint density at radius 1 is 1.44 bits per heavy atom. The van der Waals surface area contributed by atoms with Gasteiger partial charge in [-0.1, -0.05) is 0 Å². The number of fused-ring (bicyclic) bond motifs is 1. The number of nitrogens with two attached hydrogens (primary N) is 1. The number of hydrogen-bond donors (Lipinski definition) is 1. The van der Waals surface area contributed by atoms with Gasteiger partial charge in [0.2, 0.25) is 5.95 Å². The van der Waals surface area contributed by atoms with Gasteiger partial charge in [0.05, 0.1) is 10.3 Å². The molecule has 2 N–H and O–H groups in total. The second-order valence-electron chi connectivity index (χ2n) is 4.12. The van der Waals surface area contributed by atoms with Crippen LogP contribution in [0.4, 0.5) is 5.95 Å². The number of thiophene rings is 1. The maximum Gasteiger partial charge on any atom is 0.202 e. The molecule has 3 aromatic rings. The fraction of sp³-hybridized carbons (Fsp3) is 0.167. The van der Waals surface area contributed by atoms with E-state index in [9.17, 15) is 0 Å². The second kappa shape index (κ2) is 4.37. The quantitative estimate of drug-likeness (QED) is 0.788. The van der Waals surface area contributed by atoms with Crippen LogP contribution in [0.25, 0.3) is 11.2 Å². The van der Waals surface area contributed by atoms with E-state index in [1.54, 1.807) is 11.3 Å². The molecular formula is C12H11BrN4S. The Kier molecular flexibility index (Phi) is 2.83. The molecule has 0 spiro atoms. The highest BCUT2D eigenvalue weighted by Crippen LogP contribution is 2.25. The summed E-state index contributed by atoms with van der Waals surface area (Å²) in [6.07, 6.45) is 1.84. The standard InChI is InChI=1S/C12H11BrN4S/c1-7-4-9-11(15-5-7)17(12(14)16-9)6-8-2-3-10(13)18-8/h2-5H,6H2,1H3,(H2,14,16). The Morgan fingerprint density at radius 3 is 3.00 bits per heavy atom. The van der Waals surface area contributed by atoms with Crippen LogP contribution in [0.2, 0.25) is 0 Å². The Bertz CT molecular complexity index is 716. The van der Waals surface area contributed by atoms with Crippen molar-refractivity contribution >= 4 is 44.4 Å². The minimum atomic E-state index is 0.507. The minimum absolute atomic E-state index is 0.507. The molecule has 0 unspecified atom stereocenters. The Morgan fingerprint density at radius 2 is 2.28 bits per heavy atom. The van der Waals surface area contributed by atoms with Gasteiger partial charge in [0.15, 0.2) is 5.65 Å². The average molecular weight is 323 g/mol. The number of hydrogen-bond acceptors (Lipinski definition) is 4. The zero-order chi connectivity index (χ0) is 12.7. The van der Waals surface area contributed by atoms with Crippen LogP contribution in [0.15, 0.2) is 28.2 Å². The van der Waals surface area contributed by atoms with E-state index in [-0.39, 0.29) is 0 Å². The highest BCUT2D eigenvalue weighted by atomic mass is 79.9. The van der Waals surface area contributed by atoms with Gasteiger partial charge in [-0.3, -0.25) is 4.57 Å². The first-order chi connectivity index (χ1) is 8.63. The van der Waals surface area contributed by atoms with Gasteiger partial charge in [0.25, 0.3) is 0 Å². The van der Waals surface area contributed by atoms with Gasteiger partial charge < -0.3 is 5.73 Å². The first-order valence-electron chi connectivity index (χ1n) is 5.46. The van der Waals surface area contributed by atoms with Crippen LogP contribution in [-0.4, -0.2) is 14.5 Å². The molecule has 0 aromatic carbocycles. The number of aromatic nitrogens is 3. The molecule has 0 saturated heterocycles. The molecule has 0 bridgehead atoms. The zero-order valence-electron chi connectivity index (χ0n) is 9.72. The summed E-state index contributed by atoms with van der Waals surface area (Å²) in [6.45, 7) is 2.70. The van der Waals surface area contributed by atoms with E-state index in [4.69, 9.17) is 5.73 Å². The van der Waals surface area contributed by atoms with E-state index in [2.05, 4.69) is 32.0 Å². The lowest BCUT2D eigenvalue weighted by Crippen LogP contribution is -2.04. The fourth-order valence-corrected chi connectivity index (χ4v) is 3.35. The molecule has 0 radical (unpaired) electrons. The summed E-state index contributed by atoms with van der Waals surface area (Å²) in [5.41, 5.74) is 8.74. The first-order valence-corrected chi connectivity index (χ1v) is 7.07.